The first-order valence-electron chi connectivity index (χ1n) is 5.85. The second kappa shape index (κ2) is 5.91. The molecule has 18 heavy (non-hydrogen) atoms. The van der Waals surface area contributed by atoms with Crippen molar-refractivity contribution in [2.24, 2.45) is 0 Å². The molecular weight excluding hydrogens is 228 g/mol. The summed E-state index contributed by atoms with van der Waals surface area (Å²) in [5, 5.41) is 0. The molecule has 1 aromatic carbocycles. The molecule has 0 fully saturated rings. The quantitative estimate of drug-likeness (QED) is 0.878. The van der Waals surface area contributed by atoms with Gasteiger partial charge in [-0.25, -0.2) is 4.98 Å². The minimum absolute atomic E-state index is 0.402. The van der Waals surface area contributed by atoms with Gasteiger partial charge in [0, 0.05) is 0 Å². The topological polar surface area (TPSA) is 57.4 Å². The molecule has 0 saturated carbocycles. The van der Waals surface area contributed by atoms with Crippen LogP contribution in [0, 0.1) is 0 Å². The van der Waals surface area contributed by atoms with Gasteiger partial charge in [-0.05, 0) is 43.3 Å². The molecule has 1 heterocycles. The Hall–Kier alpha value is -2.23. The van der Waals surface area contributed by atoms with E-state index < -0.39 is 0 Å². The highest BCUT2D eigenvalue weighted by Crippen LogP contribution is 2.18. The molecule has 94 valence electrons. The molecule has 0 radical (unpaired) electrons. The summed E-state index contributed by atoms with van der Waals surface area (Å²) in [5.41, 5.74) is 6.41. The number of nitrogen functional groups attached to an aromatic ring is 1. The van der Waals surface area contributed by atoms with Gasteiger partial charge in [0.2, 0.25) is 0 Å². The minimum atomic E-state index is 0.402. The van der Waals surface area contributed by atoms with Crippen molar-refractivity contribution in [2.75, 3.05) is 12.3 Å². The van der Waals surface area contributed by atoms with E-state index in [4.69, 9.17) is 15.2 Å². The molecule has 0 bridgehead atoms. The van der Waals surface area contributed by atoms with Gasteiger partial charge in [0.25, 0.3) is 0 Å². The van der Waals surface area contributed by atoms with Crippen molar-refractivity contribution in [1.82, 2.24) is 4.98 Å². The van der Waals surface area contributed by atoms with E-state index >= 15 is 0 Å². The first kappa shape index (κ1) is 12.2. The van der Waals surface area contributed by atoms with Crippen molar-refractivity contribution in [2.45, 2.75) is 13.5 Å². The first-order chi connectivity index (χ1) is 8.78. The van der Waals surface area contributed by atoms with Gasteiger partial charge >= 0.3 is 0 Å². The third-order valence-electron chi connectivity index (χ3n) is 2.35. The van der Waals surface area contributed by atoms with E-state index in [0.717, 1.165) is 17.2 Å². The Bertz CT molecular complexity index is 497. The highest BCUT2D eigenvalue weighted by atomic mass is 16.5. The molecule has 0 unspecified atom stereocenters. The monoisotopic (exact) mass is 244 g/mol. The average molecular weight is 244 g/mol. The summed E-state index contributed by atoms with van der Waals surface area (Å²) in [6.45, 7) is 3.02. The molecule has 0 aliphatic carbocycles. The molecule has 0 amide bonds. The highest BCUT2D eigenvalue weighted by Gasteiger charge is 1.98. The Morgan fingerprint density at radius 2 is 1.67 bits per heavy atom. The normalized spacial score (nSPS) is 10.1. The van der Waals surface area contributed by atoms with E-state index in [-0.39, 0.29) is 0 Å². The Balaban J connectivity index is 1.93. The fraction of sp³-hybridized carbons (Fsp3) is 0.214. The Kier molecular flexibility index (Phi) is 4.02. The molecule has 2 rings (SSSR count). The van der Waals surface area contributed by atoms with E-state index in [1.807, 2.05) is 43.3 Å². The molecule has 1 aromatic heterocycles. The van der Waals surface area contributed by atoms with Crippen LogP contribution < -0.4 is 15.2 Å². The third kappa shape index (κ3) is 3.38. The van der Waals surface area contributed by atoms with E-state index in [1.165, 1.54) is 0 Å². The highest BCUT2D eigenvalue weighted by molar-refractivity contribution is 5.32. The van der Waals surface area contributed by atoms with Crippen LogP contribution >= 0.6 is 0 Å². The lowest BCUT2D eigenvalue weighted by Crippen LogP contribution is -2.00. The molecule has 0 aliphatic rings. The van der Waals surface area contributed by atoms with Crippen LogP contribution in [0.15, 0.2) is 42.5 Å². The summed E-state index contributed by atoms with van der Waals surface area (Å²) >= 11 is 0. The van der Waals surface area contributed by atoms with Crippen LogP contribution in [-0.2, 0) is 6.61 Å². The van der Waals surface area contributed by atoms with Crippen molar-refractivity contribution in [3.8, 4) is 11.5 Å². The zero-order chi connectivity index (χ0) is 12.8. The number of hydrogen-bond donors (Lipinski definition) is 1. The van der Waals surface area contributed by atoms with Gasteiger partial charge in [0.1, 0.15) is 23.9 Å². The molecule has 4 nitrogen and oxygen atoms in total. The van der Waals surface area contributed by atoms with Gasteiger partial charge in [-0.3, -0.25) is 0 Å². The van der Waals surface area contributed by atoms with Crippen LogP contribution in [0.25, 0.3) is 0 Å². The first-order valence-corrected chi connectivity index (χ1v) is 5.85. The van der Waals surface area contributed by atoms with Crippen molar-refractivity contribution >= 4 is 5.82 Å². The second-order valence-electron chi connectivity index (χ2n) is 3.75. The lowest BCUT2D eigenvalue weighted by atomic mass is 10.3. The molecule has 0 spiro atoms. The fourth-order valence-corrected chi connectivity index (χ4v) is 1.53. The van der Waals surface area contributed by atoms with Crippen LogP contribution in [0.4, 0.5) is 5.82 Å². The average Bonchev–Trinajstić information content (AvgIpc) is 2.38. The van der Waals surface area contributed by atoms with Gasteiger partial charge in [-0.1, -0.05) is 6.07 Å². The SMILES string of the molecule is CCOc1ccc(OCc2cccc(N)n2)cc1. The summed E-state index contributed by atoms with van der Waals surface area (Å²) in [4.78, 5) is 4.16. The number of nitrogens with zero attached hydrogens (tertiary/aromatic N) is 1. The molecular formula is C14H16N2O2. The smallest absolute Gasteiger partial charge is 0.130 e. The molecule has 2 N–H and O–H groups in total. The van der Waals surface area contributed by atoms with Gasteiger partial charge in [0.05, 0.1) is 12.3 Å². The van der Waals surface area contributed by atoms with Gasteiger partial charge < -0.3 is 15.2 Å². The predicted molar refractivity (Wildman–Crippen MR) is 70.6 cm³/mol. The molecule has 2 aromatic rings. The van der Waals surface area contributed by atoms with Crippen LogP contribution in [0.1, 0.15) is 12.6 Å². The Morgan fingerprint density at radius 3 is 2.28 bits per heavy atom. The number of benzene rings is 1. The number of anilines is 1. The van der Waals surface area contributed by atoms with E-state index in [0.29, 0.717) is 19.0 Å². The molecule has 0 aliphatic heterocycles. The number of hydrogen-bond acceptors (Lipinski definition) is 4. The largest absolute Gasteiger partial charge is 0.494 e. The van der Waals surface area contributed by atoms with Crippen LogP contribution in [-0.4, -0.2) is 11.6 Å². The van der Waals surface area contributed by atoms with E-state index in [2.05, 4.69) is 4.98 Å². The zero-order valence-corrected chi connectivity index (χ0v) is 10.3. The molecule has 0 saturated heterocycles. The maximum Gasteiger partial charge on any atom is 0.130 e. The van der Waals surface area contributed by atoms with Gasteiger partial charge in [-0.15, -0.1) is 0 Å². The standard InChI is InChI=1S/C14H16N2O2/c1-2-17-12-6-8-13(9-7-12)18-10-11-4-3-5-14(15)16-11/h3-9H,2,10H2,1H3,(H2,15,16). The minimum Gasteiger partial charge on any atom is -0.494 e. The van der Waals surface area contributed by atoms with Gasteiger partial charge in [-0.2, -0.15) is 0 Å². The predicted octanol–water partition coefficient (Wildman–Crippen LogP) is 2.64. The lowest BCUT2D eigenvalue weighted by Gasteiger charge is -2.07. The number of nitrogens with two attached hydrogens (primary N) is 1. The molecule has 4 heteroatoms. The number of pyridine rings is 1. The molecule has 0 atom stereocenters. The Labute approximate surface area is 106 Å². The number of rotatable bonds is 5. The Morgan fingerprint density at radius 1 is 1.00 bits per heavy atom. The van der Waals surface area contributed by atoms with E-state index in [9.17, 15) is 0 Å². The van der Waals surface area contributed by atoms with Gasteiger partial charge in [0.15, 0.2) is 0 Å². The zero-order valence-electron chi connectivity index (χ0n) is 10.3. The summed E-state index contributed by atoms with van der Waals surface area (Å²) in [7, 11) is 0. The summed E-state index contributed by atoms with van der Waals surface area (Å²) in [5.74, 6) is 2.12. The summed E-state index contributed by atoms with van der Waals surface area (Å²) < 4.78 is 11.0. The number of ether oxygens (including phenoxy) is 2. The van der Waals surface area contributed by atoms with Crippen LogP contribution in [0.3, 0.4) is 0 Å². The third-order valence-corrected chi connectivity index (χ3v) is 2.35. The van der Waals surface area contributed by atoms with Crippen molar-refractivity contribution in [3.05, 3.63) is 48.2 Å². The maximum atomic E-state index is 5.61. The maximum absolute atomic E-state index is 5.61. The van der Waals surface area contributed by atoms with Crippen molar-refractivity contribution in [1.29, 1.82) is 0 Å². The summed E-state index contributed by atoms with van der Waals surface area (Å²) in [6, 6.07) is 13.0. The van der Waals surface area contributed by atoms with Crippen molar-refractivity contribution in [3.63, 3.8) is 0 Å². The fourth-order valence-electron chi connectivity index (χ4n) is 1.53. The second-order valence-corrected chi connectivity index (χ2v) is 3.75. The van der Waals surface area contributed by atoms with Crippen LogP contribution in [0.5, 0.6) is 11.5 Å². The van der Waals surface area contributed by atoms with Crippen molar-refractivity contribution < 1.29 is 9.47 Å². The van der Waals surface area contributed by atoms with Crippen LogP contribution in [0.2, 0.25) is 0 Å². The van der Waals surface area contributed by atoms with E-state index in [1.54, 1.807) is 6.07 Å². The summed E-state index contributed by atoms with van der Waals surface area (Å²) in [6.07, 6.45) is 0. The lowest BCUT2D eigenvalue weighted by molar-refractivity contribution is 0.299. The number of aromatic nitrogens is 1.